The number of nitrogens with zero attached hydrogens (tertiary/aromatic N) is 1. The number of nitrogens with one attached hydrogen (secondary N) is 2. The number of sulfonamides is 1. The number of carbonyl (C=O) groups excluding carboxylic acids is 1. The fourth-order valence-electron chi connectivity index (χ4n) is 2.60. The van der Waals surface area contributed by atoms with Crippen molar-refractivity contribution in [3.8, 4) is 0 Å². The van der Waals surface area contributed by atoms with Gasteiger partial charge < -0.3 is 10.6 Å². The van der Waals surface area contributed by atoms with Crippen LogP contribution in [0.4, 0.5) is 0 Å². The summed E-state index contributed by atoms with van der Waals surface area (Å²) in [5.74, 6) is -0.263. The van der Waals surface area contributed by atoms with E-state index in [1.54, 1.807) is 18.2 Å². The molecule has 2 atom stereocenters. The minimum Gasteiger partial charge on any atom is -0.352 e. The molecule has 0 spiro atoms. The van der Waals surface area contributed by atoms with E-state index in [1.165, 1.54) is 19.2 Å². The average Bonchev–Trinajstić information content (AvgIpc) is 2.48. The van der Waals surface area contributed by atoms with E-state index in [4.69, 9.17) is 0 Å². The van der Waals surface area contributed by atoms with Gasteiger partial charge in [0.2, 0.25) is 15.9 Å². The van der Waals surface area contributed by atoms with Crippen LogP contribution in [0.3, 0.4) is 0 Å². The van der Waals surface area contributed by atoms with Crippen LogP contribution in [0.1, 0.15) is 19.8 Å². The summed E-state index contributed by atoms with van der Waals surface area (Å²) in [6.45, 7) is 2.77. The van der Waals surface area contributed by atoms with Crippen molar-refractivity contribution in [3.05, 3.63) is 30.3 Å². The van der Waals surface area contributed by atoms with Crippen LogP contribution in [0.2, 0.25) is 0 Å². The lowest BCUT2D eigenvalue weighted by Gasteiger charge is -2.29. The highest BCUT2D eigenvalue weighted by Crippen LogP contribution is 2.13. The van der Waals surface area contributed by atoms with Gasteiger partial charge >= 0.3 is 0 Å². The van der Waals surface area contributed by atoms with E-state index in [0.29, 0.717) is 6.04 Å². The highest BCUT2D eigenvalue weighted by atomic mass is 32.2. The van der Waals surface area contributed by atoms with Gasteiger partial charge in [0, 0.05) is 19.1 Å². The molecule has 2 N–H and O–H groups in total. The molecule has 0 radical (unpaired) electrons. The third-order valence-electron chi connectivity index (χ3n) is 3.81. The van der Waals surface area contributed by atoms with E-state index in [9.17, 15) is 13.2 Å². The first-order valence-electron chi connectivity index (χ1n) is 7.43. The lowest BCUT2D eigenvalue weighted by atomic mass is 10.0. The quantitative estimate of drug-likeness (QED) is 0.829. The second-order valence-electron chi connectivity index (χ2n) is 5.72. The van der Waals surface area contributed by atoms with E-state index in [1.807, 2.05) is 0 Å². The van der Waals surface area contributed by atoms with Gasteiger partial charge in [0.15, 0.2) is 0 Å². The molecule has 1 fully saturated rings. The molecule has 1 amide bonds. The van der Waals surface area contributed by atoms with E-state index in [0.717, 1.165) is 23.7 Å². The maximum Gasteiger partial charge on any atom is 0.243 e. The largest absolute Gasteiger partial charge is 0.352 e. The second kappa shape index (κ2) is 7.21. The first-order chi connectivity index (χ1) is 10.4. The fourth-order valence-corrected chi connectivity index (χ4v) is 3.74. The van der Waals surface area contributed by atoms with E-state index in [-0.39, 0.29) is 23.4 Å². The lowest BCUT2D eigenvalue weighted by molar-refractivity contribution is -0.122. The van der Waals surface area contributed by atoms with Gasteiger partial charge in [-0.1, -0.05) is 18.2 Å². The number of carbonyl (C=O) groups is 1. The Bertz CT molecular complexity index is 604. The monoisotopic (exact) mass is 325 g/mol. The van der Waals surface area contributed by atoms with Crippen LogP contribution < -0.4 is 10.6 Å². The Kier molecular flexibility index (Phi) is 5.55. The van der Waals surface area contributed by atoms with Crippen LogP contribution in [0, 0.1) is 0 Å². The molecule has 0 aromatic heterocycles. The van der Waals surface area contributed by atoms with Crippen molar-refractivity contribution >= 4 is 15.9 Å². The number of benzene rings is 1. The molecule has 7 heteroatoms. The average molecular weight is 325 g/mol. The molecule has 0 bridgehead atoms. The topological polar surface area (TPSA) is 78.5 Å². The normalized spacial score (nSPS) is 22.5. The summed E-state index contributed by atoms with van der Waals surface area (Å²) in [6.07, 6.45) is 1.73. The zero-order valence-corrected chi connectivity index (χ0v) is 13.8. The highest BCUT2D eigenvalue weighted by molar-refractivity contribution is 7.89. The molecule has 2 rings (SSSR count). The number of rotatable bonds is 5. The molecule has 6 nitrogen and oxygen atoms in total. The molecule has 1 saturated heterocycles. The van der Waals surface area contributed by atoms with Gasteiger partial charge in [0.25, 0.3) is 0 Å². The van der Waals surface area contributed by atoms with Crippen molar-refractivity contribution in [2.75, 3.05) is 20.1 Å². The Labute approximate surface area is 131 Å². The molecule has 22 heavy (non-hydrogen) atoms. The molecule has 1 aliphatic heterocycles. The van der Waals surface area contributed by atoms with Gasteiger partial charge in [-0.2, -0.15) is 4.31 Å². The molecule has 1 aromatic carbocycles. The summed E-state index contributed by atoms with van der Waals surface area (Å²) < 4.78 is 25.8. The molecule has 1 aromatic rings. The van der Waals surface area contributed by atoms with E-state index >= 15 is 0 Å². The zero-order chi connectivity index (χ0) is 16.2. The Morgan fingerprint density at radius 1 is 1.36 bits per heavy atom. The van der Waals surface area contributed by atoms with Gasteiger partial charge in [-0.05, 0) is 38.4 Å². The number of piperidine rings is 1. The summed E-state index contributed by atoms with van der Waals surface area (Å²) in [7, 11) is -2.20. The van der Waals surface area contributed by atoms with Crippen molar-refractivity contribution in [3.63, 3.8) is 0 Å². The number of hydrogen-bond acceptors (Lipinski definition) is 4. The molecule has 2 unspecified atom stereocenters. The van der Waals surface area contributed by atoms with Gasteiger partial charge in [0.1, 0.15) is 0 Å². The minimum absolute atomic E-state index is 0.108. The first-order valence-corrected chi connectivity index (χ1v) is 8.87. The van der Waals surface area contributed by atoms with Crippen LogP contribution in [0.5, 0.6) is 0 Å². The van der Waals surface area contributed by atoms with E-state index in [2.05, 4.69) is 17.6 Å². The molecule has 122 valence electrons. The summed E-state index contributed by atoms with van der Waals surface area (Å²) in [4.78, 5) is 12.3. The molecule has 0 aliphatic carbocycles. The smallest absolute Gasteiger partial charge is 0.243 e. The number of amides is 1. The van der Waals surface area contributed by atoms with Crippen molar-refractivity contribution in [1.29, 1.82) is 0 Å². The van der Waals surface area contributed by atoms with Crippen LogP contribution in [0.15, 0.2) is 35.2 Å². The van der Waals surface area contributed by atoms with Crippen molar-refractivity contribution in [1.82, 2.24) is 14.9 Å². The molecule has 1 heterocycles. The zero-order valence-electron chi connectivity index (χ0n) is 13.0. The van der Waals surface area contributed by atoms with Crippen molar-refractivity contribution in [2.45, 2.75) is 36.7 Å². The maximum absolute atomic E-state index is 12.3. The van der Waals surface area contributed by atoms with Crippen molar-refractivity contribution < 1.29 is 13.2 Å². The summed E-state index contributed by atoms with van der Waals surface area (Å²) >= 11 is 0. The van der Waals surface area contributed by atoms with Gasteiger partial charge in [-0.3, -0.25) is 4.79 Å². The Hall–Kier alpha value is -1.44. The lowest BCUT2D eigenvalue weighted by Crippen LogP contribution is -2.49. The maximum atomic E-state index is 12.3. The van der Waals surface area contributed by atoms with Crippen LogP contribution >= 0.6 is 0 Å². The van der Waals surface area contributed by atoms with Crippen LogP contribution in [0.25, 0.3) is 0 Å². The number of likely N-dealkylation sites (N-methyl/N-ethyl adjacent to an activating group) is 1. The third kappa shape index (κ3) is 4.28. The number of hydrogen-bond donors (Lipinski definition) is 2. The Morgan fingerprint density at radius 3 is 2.68 bits per heavy atom. The highest BCUT2D eigenvalue weighted by Gasteiger charge is 2.25. The summed E-state index contributed by atoms with van der Waals surface area (Å²) in [6, 6.07) is 8.61. The van der Waals surface area contributed by atoms with Gasteiger partial charge in [-0.25, -0.2) is 8.42 Å². The standard InChI is InChI=1S/C15H23N3O3S/c1-12-10-13(8-9-16-12)17-15(19)11-18(2)22(20,21)14-6-4-3-5-7-14/h3-7,12-13,16H,8-11H2,1-2H3,(H,17,19). The summed E-state index contributed by atoms with van der Waals surface area (Å²) in [5, 5.41) is 6.23. The molecular formula is C15H23N3O3S. The van der Waals surface area contributed by atoms with E-state index < -0.39 is 10.0 Å². The van der Waals surface area contributed by atoms with Gasteiger partial charge in [-0.15, -0.1) is 0 Å². The Balaban J connectivity index is 1.93. The first kappa shape index (κ1) is 16.9. The van der Waals surface area contributed by atoms with Crippen LogP contribution in [-0.4, -0.2) is 50.9 Å². The molecule has 1 aliphatic rings. The van der Waals surface area contributed by atoms with Crippen LogP contribution in [-0.2, 0) is 14.8 Å². The summed E-state index contributed by atoms with van der Waals surface area (Å²) in [5.41, 5.74) is 0. The minimum atomic E-state index is -3.63. The van der Waals surface area contributed by atoms with Gasteiger partial charge in [0.05, 0.1) is 11.4 Å². The van der Waals surface area contributed by atoms with Crippen molar-refractivity contribution in [2.24, 2.45) is 0 Å². The second-order valence-corrected chi connectivity index (χ2v) is 7.76. The molecule has 0 saturated carbocycles. The predicted molar refractivity (Wildman–Crippen MR) is 84.9 cm³/mol. The molecular weight excluding hydrogens is 302 g/mol. The fraction of sp³-hybridized carbons (Fsp3) is 0.533. The SMILES string of the molecule is CC1CC(NC(=O)CN(C)S(=O)(=O)c2ccccc2)CCN1. The Morgan fingerprint density at radius 2 is 2.05 bits per heavy atom. The predicted octanol–water partition coefficient (Wildman–Crippen LogP) is 0.564. The third-order valence-corrected chi connectivity index (χ3v) is 5.62.